The zero-order valence-electron chi connectivity index (χ0n) is 13.0. The largest absolute Gasteiger partial charge is 0.346 e. The molecule has 2 aromatic rings. The van der Waals surface area contributed by atoms with Crippen molar-refractivity contribution in [2.75, 3.05) is 6.54 Å². The summed E-state index contributed by atoms with van der Waals surface area (Å²) in [6.45, 7) is 2.96. The fourth-order valence-corrected chi connectivity index (χ4v) is 3.53. The molecule has 1 aliphatic rings. The molecule has 24 heavy (non-hydrogen) atoms. The van der Waals surface area contributed by atoms with Gasteiger partial charge in [-0.2, -0.15) is 0 Å². The fraction of sp³-hybridized carbons (Fsp3) is 0.375. The number of rotatable bonds is 3. The lowest BCUT2D eigenvalue weighted by atomic mass is 10.00. The van der Waals surface area contributed by atoms with Crippen molar-refractivity contribution in [2.45, 2.75) is 31.8 Å². The van der Waals surface area contributed by atoms with Crippen LogP contribution in [0, 0.1) is 11.6 Å². The van der Waals surface area contributed by atoms with E-state index < -0.39 is 11.6 Å². The number of hydrogen-bond donors (Lipinski definition) is 2. The van der Waals surface area contributed by atoms with Crippen molar-refractivity contribution in [1.82, 2.24) is 15.6 Å². The van der Waals surface area contributed by atoms with E-state index in [1.54, 1.807) is 0 Å². The van der Waals surface area contributed by atoms with Gasteiger partial charge in [0.05, 0.1) is 5.56 Å². The maximum atomic E-state index is 13.8. The molecule has 2 heterocycles. The third-order valence-electron chi connectivity index (χ3n) is 3.99. The summed E-state index contributed by atoms with van der Waals surface area (Å²) in [6, 6.07) is 3.87. The Balaban J connectivity index is 0.00000208. The minimum Gasteiger partial charge on any atom is -0.346 e. The van der Waals surface area contributed by atoms with E-state index in [4.69, 9.17) is 0 Å². The maximum Gasteiger partial charge on any atom is 0.271 e. The second-order valence-electron chi connectivity index (χ2n) is 5.60. The molecule has 4 nitrogen and oxygen atoms in total. The Bertz CT molecular complexity index is 705. The Hall–Kier alpha value is -1.57. The molecule has 3 rings (SSSR count). The van der Waals surface area contributed by atoms with E-state index in [0.29, 0.717) is 0 Å². The van der Waals surface area contributed by atoms with Crippen LogP contribution in [0.15, 0.2) is 23.6 Å². The number of benzene rings is 1. The maximum absolute atomic E-state index is 13.8. The first-order chi connectivity index (χ1) is 11.1. The van der Waals surface area contributed by atoms with E-state index in [2.05, 4.69) is 15.6 Å². The van der Waals surface area contributed by atoms with Crippen LogP contribution in [-0.2, 0) is 0 Å². The van der Waals surface area contributed by atoms with Crippen LogP contribution in [0.1, 0.15) is 30.3 Å². The van der Waals surface area contributed by atoms with Gasteiger partial charge in [0.1, 0.15) is 22.3 Å². The van der Waals surface area contributed by atoms with Gasteiger partial charge in [-0.15, -0.1) is 23.7 Å². The number of nitrogens with one attached hydrogen (secondary N) is 2. The van der Waals surface area contributed by atoms with E-state index in [0.717, 1.165) is 30.7 Å². The molecule has 1 aromatic heterocycles. The Labute approximate surface area is 149 Å². The molecule has 8 heteroatoms. The van der Waals surface area contributed by atoms with Crippen LogP contribution in [0.5, 0.6) is 0 Å². The van der Waals surface area contributed by atoms with Crippen LogP contribution in [-0.4, -0.2) is 29.5 Å². The van der Waals surface area contributed by atoms with Gasteiger partial charge in [0, 0.05) is 17.5 Å². The summed E-state index contributed by atoms with van der Waals surface area (Å²) in [5.74, 6) is -1.68. The first-order valence-electron chi connectivity index (χ1n) is 7.50. The van der Waals surface area contributed by atoms with E-state index in [1.807, 2.05) is 6.92 Å². The highest BCUT2D eigenvalue weighted by Gasteiger charge is 2.24. The minimum atomic E-state index is -0.684. The summed E-state index contributed by atoms with van der Waals surface area (Å²) in [7, 11) is 0. The highest BCUT2D eigenvalue weighted by molar-refractivity contribution is 7.13. The van der Waals surface area contributed by atoms with Crippen molar-refractivity contribution in [1.29, 1.82) is 0 Å². The molecule has 2 atom stereocenters. The Kier molecular flexibility index (Phi) is 6.26. The van der Waals surface area contributed by atoms with Gasteiger partial charge in [0.15, 0.2) is 0 Å². The van der Waals surface area contributed by atoms with Gasteiger partial charge in [-0.05, 0) is 38.4 Å². The number of amides is 1. The topological polar surface area (TPSA) is 54.0 Å². The Morgan fingerprint density at radius 2 is 2.08 bits per heavy atom. The molecule has 1 saturated heterocycles. The smallest absolute Gasteiger partial charge is 0.271 e. The molecule has 2 N–H and O–H groups in total. The molecule has 0 aliphatic carbocycles. The highest BCUT2D eigenvalue weighted by Crippen LogP contribution is 2.28. The lowest BCUT2D eigenvalue weighted by molar-refractivity contribution is 0.0915. The molecule has 1 fully saturated rings. The molecule has 130 valence electrons. The molecule has 0 radical (unpaired) electrons. The monoisotopic (exact) mass is 373 g/mol. The van der Waals surface area contributed by atoms with Crippen LogP contribution < -0.4 is 10.6 Å². The molecule has 1 aliphatic heterocycles. The Morgan fingerprint density at radius 3 is 2.75 bits per heavy atom. The predicted octanol–water partition coefficient (Wildman–Crippen LogP) is 3.38. The van der Waals surface area contributed by atoms with Crippen LogP contribution in [0.3, 0.4) is 0 Å². The van der Waals surface area contributed by atoms with Gasteiger partial charge in [-0.1, -0.05) is 6.07 Å². The normalized spacial score (nSPS) is 20.3. The second kappa shape index (κ2) is 8.00. The third kappa shape index (κ3) is 3.91. The number of aromatic nitrogens is 1. The molecule has 1 amide bonds. The van der Waals surface area contributed by atoms with Crippen LogP contribution >= 0.6 is 23.7 Å². The quantitative estimate of drug-likeness (QED) is 0.867. The van der Waals surface area contributed by atoms with Crippen LogP contribution in [0.25, 0.3) is 10.6 Å². The first-order valence-corrected chi connectivity index (χ1v) is 8.38. The molecule has 0 bridgehead atoms. The van der Waals surface area contributed by atoms with Crippen molar-refractivity contribution < 1.29 is 13.6 Å². The highest BCUT2D eigenvalue weighted by atomic mass is 35.5. The van der Waals surface area contributed by atoms with Crippen molar-refractivity contribution in [3.05, 3.63) is 40.9 Å². The SMILES string of the molecule is CC1NCCCC1NC(=O)c1csc(-c2c(F)cccc2F)n1.Cl. The summed E-state index contributed by atoms with van der Waals surface area (Å²) < 4.78 is 27.6. The number of thiazole rings is 1. The van der Waals surface area contributed by atoms with E-state index in [9.17, 15) is 13.6 Å². The number of nitrogens with zero attached hydrogens (tertiary/aromatic N) is 1. The van der Waals surface area contributed by atoms with Crippen molar-refractivity contribution >= 4 is 29.7 Å². The summed E-state index contributed by atoms with van der Waals surface area (Å²) >= 11 is 1.05. The van der Waals surface area contributed by atoms with Gasteiger partial charge in [-0.3, -0.25) is 4.79 Å². The Morgan fingerprint density at radius 1 is 1.38 bits per heavy atom. The third-order valence-corrected chi connectivity index (χ3v) is 4.85. The number of carbonyl (C=O) groups excluding carboxylic acids is 1. The zero-order chi connectivity index (χ0) is 16.4. The first kappa shape index (κ1) is 18.8. The van der Waals surface area contributed by atoms with Gasteiger partial charge in [0.2, 0.25) is 0 Å². The van der Waals surface area contributed by atoms with Crippen LogP contribution in [0.4, 0.5) is 8.78 Å². The predicted molar refractivity (Wildman–Crippen MR) is 92.7 cm³/mol. The van der Waals surface area contributed by atoms with Crippen LogP contribution in [0.2, 0.25) is 0 Å². The van der Waals surface area contributed by atoms with E-state index in [1.165, 1.54) is 23.6 Å². The standard InChI is InChI=1S/C16H17F2N3OS.ClH/c1-9-12(6-3-7-19-9)20-15(22)13-8-23-16(21-13)14-10(17)4-2-5-11(14)18;/h2,4-5,8-9,12,19H,3,6-7H2,1H3,(H,20,22);1H. The molecule has 1 aromatic carbocycles. The van der Waals surface area contributed by atoms with Crippen molar-refractivity contribution in [2.24, 2.45) is 0 Å². The fourth-order valence-electron chi connectivity index (χ4n) is 2.68. The number of halogens is 3. The molecular formula is C16H18ClF2N3OS. The molecular weight excluding hydrogens is 356 g/mol. The lowest BCUT2D eigenvalue weighted by Gasteiger charge is -2.30. The summed E-state index contributed by atoms with van der Waals surface area (Å²) in [6.07, 6.45) is 1.90. The second-order valence-corrected chi connectivity index (χ2v) is 6.46. The zero-order valence-corrected chi connectivity index (χ0v) is 14.6. The lowest BCUT2D eigenvalue weighted by Crippen LogP contribution is -2.51. The van der Waals surface area contributed by atoms with Gasteiger partial charge >= 0.3 is 0 Å². The van der Waals surface area contributed by atoms with Gasteiger partial charge < -0.3 is 10.6 Å². The average molecular weight is 374 g/mol. The van der Waals surface area contributed by atoms with Gasteiger partial charge in [-0.25, -0.2) is 13.8 Å². The molecule has 2 unspecified atom stereocenters. The summed E-state index contributed by atoms with van der Waals surface area (Å²) in [4.78, 5) is 16.4. The van der Waals surface area contributed by atoms with Crippen molar-refractivity contribution in [3.8, 4) is 10.6 Å². The molecule has 0 saturated carbocycles. The van der Waals surface area contributed by atoms with Gasteiger partial charge in [0.25, 0.3) is 5.91 Å². The average Bonchev–Trinajstić information content (AvgIpc) is 2.99. The van der Waals surface area contributed by atoms with E-state index in [-0.39, 0.29) is 46.7 Å². The number of piperidine rings is 1. The minimum absolute atomic E-state index is 0. The summed E-state index contributed by atoms with van der Waals surface area (Å²) in [5.41, 5.74) is -0.00493. The van der Waals surface area contributed by atoms with Crippen molar-refractivity contribution in [3.63, 3.8) is 0 Å². The number of carbonyl (C=O) groups is 1. The summed E-state index contributed by atoms with van der Waals surface area (Å²) in [5, 5.41) is 7.93. The molecule has 0 spiro atoms. The van der Waals surface area contributed by atoms with E-state index >= 15 is 0 Å². The number of hydrogen-bond acceptors (Lipinski definition) is 4.